The lowest BCUT2D eigenvalue weighted by atomic mass is 9.79. The van der Waals surface area contributed by atoms with Crippen LogP contribution >= 0.6 is 0 Å². The normalized spacial score (nSPS) is 17.1. The Labute approximate surface area is 174 Å². The van der Waals surface area contributed by atoms with Crippen LogP contribution in [0.3, 0.4) is 0 Å². The number of benzene rings is 3. The number of fused-ring (bicyclic) bond motifs is 1. The summed E-state index contributed by atoms with van der Waals surface area (Å²) in [5, 5.41) is 0. The Hall–Kier alpha value is -2.71. The fourth-order valence-electron chi connectivity index (χ4n) is 4.89. The van der Waals surface area contributed by atoms with Crippen LogP contribution in [-0.4, -0.2) is 23.8 Å². The molecular formula is C27H29NO. The first-order valence-electron chi connectivity index (χ1n) is 10.7. The van der Waals surface area contributed by atoms with Gasteiger partial charge in [-0.1, -0.05) is 91.9 Å². The van der Waals surface area contributed by atoms with E-state index in [1.54, 1.807) is 0 Å². The molecule has 0 aromatic heterocycles. The van der Waals surface area contributed by atoms with E-state index >= 15 is 0 Å². The molecule has 2 atom stereocenters. The lowest BCUT2D eigenvalue weighted by molar-refractivity contribution is -0.115. The zero-order valence-electron chi connectivity index (χ0n) is 17.1. The predicted octanol–water partition coefficient (Wildman–Crippen LogP) is 5.47. The molecule has 0 spiro atoms. The maximum absolute atomic E-state index is 12.4. The monoisotopic (exact) mass is 383 g/mol. The third kappa shape index (κ3) is 4.18. The summed E-state index contributed by atoms with van der Waals surface area (Å²) in [6.07, 6.45) is 4.30. The Morgan fingerprint density at radius 3 is 1.97 bits per heavy atom. The first-order chi connectivity index (χ1) is 14.3. The van der Waals surface area contributed by atoms with E-state index in [0.29, 0.717) is 5.92 Å². The van der Waals surface area contributed by atoms with E-state index in [-0.39, 0.29) is 12.1 Å². The number of hydrogen-bond donors (Lipinski definition) is 0. The molecule has 1 aliphatic carbocycles. The summed E-state index contributed by atoms with van der Waals surface area (Å²) in [7, 11) is 0. The Balaban J connectivity index is 1.69. The molecular weight excluding hydrogens is 354 g/mol. The molecule has 3 aromatic carbocycles. The average Bonchev–Trinajstić information content (AvgIpc) is 2.80. The second-order valence-electron chi connectivity index (χ2n) is 7.95. The first-order valence-corrected chi connectivity index (χ1v) is 10.7. The fourth-order valence-corrected chi connectivity index (χ4v) is 4.89. The molecule has 2 nitrogen and oxygen atoms in total. The van der Waals surface area contributed by atoms with Crippen LogP contribution in [0.5, 0.6) is 0 Å². The van der Waals surface area contributed by atoms with Gasteiger partial charge in [0.2, 0.25) is 0 Å². The van der Waals surface area contributed by atoms with Gasteiger partial charge in [-0.15, -0.1) is 0 Å². The SMILES string of the molecule is CCN(C(c1ccccc1)c1ccccc1)C(C=O)C1CCc2ccccc2C1. The van der Waals surface area contributed by atoms with E-state index in [4.69, 9.17) is 0 Å². The number of nitrogens with zero attached hydrogens (tertiary/aromatic N) is 1. The van der Waals surface area contributed by atoms with Gasteiger partial charge in [-0.3, -0.25) is 4.90 Å². The maximum atomic E-state index is 12.4. The number of carbonyl (C=O) groups excluding carboxylic acids is 1. The zero-order valence-corrected chi connectivity index (χ0v) is 17.1. The molecule has 0 radical (unpaired) electrons. The molecule has 0 saturated heterocycles. The first kappa shape index (κ1) is 19.6. The molecule has 4 rings (SSSR count). The molecule has 2 unspecified atom stereocenters. The Morgan fingerprint density at radius 2 is 1.41 bits per heavy atom. The Bertz CT molecular complexity index is 882. The number of aldehydes is 1. The third-order valence-corrected chi connectivity index (χ3v) is 6.32. The molecule has 0 aliphatic heterocycles. The number of hydrogen-bond acceptors (Lipinski definition) is 2. The highest BCUT2D eigenvalue weighted by molar-refractivity contribution is 5.59. The second kappa shape index (κ2) is 9.19. The predicted molar refractivity (Wildman–Crippen MR) is 119 cm³/mol. The molecule has 0 bridgehead atoms. The van der Waals surface area contributed by atoms with Crippen molar-refractivity contribution in [2.75, 3.05) is 6.54 Å². The van der Waals surface area contributed by atoms with Crippen LogP contribution in [0.25, 0.3) is 0 Å². The zero-order chi connectivity index (χ0) is 20.1. The summed E-state index contributed by atoms with van der Waals surface area (Å²) in [5.74, 6) is 0.345. The molecule has 0 N–H and O–H groups in total. The standard InChI is InChI=1S/C27H29NO/c1-2-28(26(20-29)25-18-17-21-11-9-10-16-24(21)19-25)27(22-12-5-3-6-13-22)23-14-7-4-8-15-23/h3-16,20,25-27H,2,17-19H2,1H3. The largest absolute Gasteiger partial charge is 0.302 e. The minimum absolute atomic E-state index is 0.0785. The minimum atomic E-state index is -0.0984. The van der Waals surface area contributed by atoms with Crippen molar-refractivity contribution in [1.82, 2.24) is 4.90 Å². The van der Waals surface area contributed by atoms with Gasteiger partial charge in [0.1, 0.15) is 6.29 Å². The molecule has 1 aliphatic rings. The van der Waals surface area contributed by atoms with Gasteiger partial charge in [-0.2, -0.15) is 0 Å². The van der Waals surface area contributed by atoms with Gasteiger partial charge in [0.15, 0.2) is 0 Å². The summed E-state index contributed by atoms with van der Waals surface area (Å²) in [4.78, 5) is 14.8. The average molecular weight is 384 g/mol. The fraction of sp³-hybridized carbons (Fsp3) is 0.296. The van der Waals surface area contributed by atoms with E-state index in [2.05, 4.69) is 96.8 Å². The van der Waals surface area contributed by atoms with E-state index in [1.807, 2.05) is 0 Å². The Morgan fingerprint density at radius 1 is 0.862 bits per heavy atom. The molecule has 0 amide bonds. The smallest absolute Gasteiger partial charge is 0.137 e. The summed E-state index contributed by atoms with van der Waals surface area (Å²) < 4.78 is 0. The minimum Gasteiger partial charge on any atom is -0.302 e. The van der Waals surface area contributed by atoms with Crippen LogP contribution in [-0.2, 0) is 17.6 Å². The lowest BCUT2D eigenvalue weighted by Gasteiger charge is -2.40. The highest BCUT2D eigenvalue weighted by atomic mass is 16.1. The van der Waals surface area contributed by atoms with Crippen molar-refractivity contribution >= 4 is 6.29 Å². The second-order valence-corrected chi connectivity index (χ2v) is 7.95. The molecule has 148 valence electrons. The van der Waals surface area contributed by atoms with Crippen molar-refractivity contribution in [3.8, 4) is 0 Å². The third-order valence-electron chi connectivity index (χ3n) is 6.32. The summed E-state index contributed by atoms with van der Waals surface area (Å²) in [6.45, 7) is 3.00. The maximum Gasteiger partial charge on any atom is 0.137 e. The van der Waals surface area contributed by atoms with Crippen molar-refractivity contribution in [2.45, 2.75) is 38.3 Å². The Kier molecular flexibility index (Phi) is 6.21. The molecule has 0 heterocycles. The number of likely N-dealkylation sites (N-methyl/N-ethyl adjacent to an activating group) is 1. The van der Waals surface area contributed by atoms with E-state index in [0.717, 1.165) is 25.8 Å². The van der Waals surface area contributed by atoms with Crippen LogP contribution in [0.1, 0.15) is 41.6 Å². The van der Waals surface area contributed by atoms with Gasteiger partial charge in [-0.05, 0) is 54.0 Å². The van der Waals surface area contributed by atoms with Crippen LogP contribution < -0.4 is 0 Å². The van der Waals surface area contributed by atoms with Crippen molar-refractivity contribution < 1.29 is 4.79 Å². The van der Waals surface area contributed by atoms with Crippen molar-refractivity contribution in [2.24, 2.45) is 5.92 Å². The number of carbonyl (C=O) groups is 1. The molecule has 0 fully saturated rings. The molecule has 2 heteroatoms. The van der Waals surface area contributed by atoms with E-state index in [1.165, 1.54) is 28.5 Å². The van der Waals surface area contributed by atoms with Gasteiger partial charge >= 0.3 is 0 Å². The molecule has 29 heavy (non-hydrogen) atoms. The lowest BCUT2D eigenvalue weighted by Crippen LogP contribution is -2.46. The van der Waals surface area contributed by atoms with Crippen LogP contribution in [0.2, 0.25) is 0 Å². The summed E-state index contributed by atoms with van der Waals surface area (Å²) in [6, 6.07) is 29.9. The van der Waals surface area contributed by atoms with Crippen LogP contribution in [0.4, 0.5) is 0 Å². The molecule has 3 aromatic rings. The van der Waals surface area contributed by atoms with Crippen molar-refractivity contribution in [3.63, 3.8) is 0 Å². The van der Waals surface area contributed by atoms with Gasteiger partial charge in [0.25, 0.3) is 0 Å². The van der Waals surface area contributed by atoms with Gasteiger partial charge < -0.3 is 4.79 Å². The number of aryl methyl sites for hydroxylation is 1. The van der Waals surface area contributed by atoms with Crippen molar-refractivity contribution in [1.29, 1.82) is 0 Å². The van der Waals surface area contributed by atoms with Gasteiger partial charge in [0, 0.05) is 0 Å². The van der Waals surface area contributed by atoms with Crippen LogP contribution in [0, 0.1) is 5.92 Å². The summed E-state index contributed by atoms with van der Waals surface area (Å²) in [5.41, 5.74) is 5.33. The molecule has 0 saturated carbocycles. The van der Waals surface area contributed by atoms with Gasteiger partial charge in [-0.25, -0.2) is 0 Å². The van der Waals surface area contributed by atoms with Crippen LogP contribution in [0.15, 0.2) is 84.9 Å². The van der Waals surface area contributed by atoms with Gasteiger partial charge in [0.05, 0.1) is 12.1 Å². The van der Waals surface area contributed by atoms with Crippen molar-refractivity contribution in [3.05, 3.63) is 107 Å². The summed E-state index contributed by atoms with van der Waals surface area (Å²) >= 11 is 0. The van der Waals surface area contributed by atoms with E-state index < -0.39 is 0 Å². The highest BCUT2D eigenvalue weighted by Crippen LogP contribution is 2.35. The van der Waals surface area contributed by atoms with E-state index in [9.17, 15) is 4.79 Å². The quantitative estimate of drug-likeness (QED) is 0.504. The highest BCUT2D eigenvalue weighted by Gasteiger charge is 2.34. The topological polar surface area (TPSA) is 20.3 Å². The number of rotatable bonds is 7.